The van der Waals surface area contributed by atoms with E-state index in [1.54, 1.807) is 12.1 Å². The smallest absolute Gasteiger partial charge is 0.0992 e. The van der Waals surface area contributed by atoms with Crippen LogP contribution in [0.4, 0.5) is 5.69 Å². The van der Waals surface area contributed by atoms with Crippen molar-refractivity contribution in [2.45, 2.75) is 25.8 Å². The van der Waals surface area contributed by atoms with E-state index in [0.29, 0.717) is 16.6 Å². The van der Waals surface area contributed by atoms with Crippen LogP contribution in [-0.4, -0.2) is 30.6 Å². The highest BCUT2D eigenvalue weighted by atomic mass is 35.5. The number of hydrogen-bond donors (Lipinski definition) is 1. The zero-order valence-corrected chi connectivity index (χ0v) is 11.4. The Kier molecular flexibility index (Phi) is 4.46. The van der Waals surface area contributed by atoms with E-state index in [0.717, 1.165) is 12.2 Å². The van der Waals surface area contributed by atoms with Crippen molar-refractivity contribution in [3.8, 4) is 6.07 Å². The van der Waals surface area contributed by atoms with Gasteiger partial charge in [0, 0.05) is 12.6 Å². The molecule has 0 bridgehead atoms. The number of halogens is 1. The summed E-state index contributed by atoms with van der Waals surface area (Å²) in [5, 5.41) is 12.8. The summed E-state index contributed by atoms with van der Waals surface area (Å²) in [6, 6.07) is 7.81. The van der Waals surface area contributed by atoms with E-state index >= 15 is 0 Å². The monoisotopic (exact) mass is 263 g/mol. The maximum absolute atomic E-state index is 8.79. The number of nitrogens with zero attached hydrogens (tertiary/aromatic N) is 2. The summed E-state index contributed by atoms with van der Waals surface area (Å²) in [5.74, 6) is 0. The highest BCUT2D eigenvalue weighted by molar-refractivity contribution is 6.33. The van der Waals surface area contributed by atoms with Crippen LogP contribution in [-0.2, 0) is 0 Å². The number of likely N-dealkylation sites (tertiary alicyclic amines) is 1. The molecule has 1 aromatic rings. The molecule has 1 atom stereocenters. The second-order valence-electron chi connectivity index (χ2n) is 4.86. The van der Waals surface area contributed by atoms with Gasteiger partial charge < -0.3 is 10.2 Å². The van der Waals surface area contributed by atoms with Crippen LogP contribution >= 0.6 is 11.6 Å². The van der Waals surface area contributed by atoms with Crippen molar-refractivity contribution in [1.82, 2.24) is 4.90 Å². The third-order valence-electron chi connectivity index (χ3n) is 3.23. The van der Waals surface area contributed by atoms with E-state index < -0.39 is 0 Å². The second-order valence-corrected chi connectivity index (χ2v) is 5.27. The molecule has 1 aliphatic rings. The molecule has 96 valence electrons. The summed E-state index contributed by atoms with van der Waals surface area (Å²) in [6.45, 7) is 5.60. The van der Waals surface area contributed by atoms with Crippen LogP contribution in [0.3, 0.4) is 0 Å². The molecule has 0 radical (unpaired) electrons. The van der Waals surface area contributed by atoms with E-state index in [2.05, 4.69) is 23.2 Å². The predicted molar refractivity (Wildman–Crippen MR) is 74.9 cm³/mol. The lowest BCUT2D eigenvalue weighted by Crippen LogP contribution is -2.33. The third kappa shape index (κ3) is 3.38. The van der Waals surface area contributed by atoms with Crippen molar-refractivity contribution in [3.05, 3.63) is 28.8 Å². The molecule has 1 aliphatic heterocycles. The van der Waals surface area contributed by atoms with Gasteiger partial charge in [0.25, 0.3) is 0 Å². The van der Waals surface area contributed by atoms with Crippen molar-refractivity contribution in [2.75, 3.05) is 25.0 Å². The van der Waals surface area contributed by atoms with E-state index in [9.17, 15) is 0 Å². The highest BCUT2D eigenvalue weighted by Gasteiger charge is 2.15. The molecule has 1 unspecified atom stereocenters. The topological polar surface area (TPSA) is 39.1 Å². The lowest BCUT2D eigenvalue weighted by Gasteiger charge is -2.22. The molecule has 18 heavy (non-hydrogen) atoms. The molecule has 4 heteroatoms. The van der Waals surface area contributed by atoms with Gasteiger partial charge in [0.1, 0.15) is 0 Å². The molecule has 1 N–H and O–H groups in total. The minimum absolute atomic E-state index is 0.355. The maximum atomic E-state index is 8.79. The Labute approximate surface area is 113 Å². The fourth-order valence-electron chi connectivity index (χ4n) is 2.37. The van der Waals surface area contributed by atoms with Crippen LogP contribution in [0.25, 0.3) is 0 Å². The van der Waals surface area contributed by atoms with Gasteiger partial charge in [-0.05, 0) is 51.1 Å². The molecule has 1 heterocycles. The number of benzene rings is 1. The summed E-state index contributed by atoms with van der Waals surface area (Å²) >= 11 is 6.14. The number of nitriles is 1. The predicted octanol–water partition coefficient (Wildman–Crippen LogP) is 3.11. The quantitative estimate of drug-likeness (QED) is 0.907. The van der Waals surface area contributed by atoms with Crippen molar-refractivity contribution in [2.24, 2.45) is 0 Å². The SMILES string of the molecule is CC(CN1CCCC1)Nc1ccc(C#N)cc1Cl. The van der Waals surface area contributed by atoms with Crippen LogP contribution in [0.2, 0.25) is 5.02 Å². The first kappa shape index (κ1) is 13.2. The Morgan fingerprint density at radius 3 is 2.78 bits per heavy atom. The average molecular weight is 264 g/mol. The minimum Gasteiger partial charge on any atom is -0.380 e. The molecule has 0 saturated carbocycles. The second kappa shape index (κ2) is 6.08. The van der Waals surface area contributed by atoms with Gasteiger partial charge in [-0.1, -0.05) is 11.6 Å². The fraction of sp³-hybridized carbons (Fsp3) is 0.500. The first-order valence-corrected chi connectivity index (χ1v) is 6.75. The summed E-state index contributed by atoms with van der Waals surface area (Å²) in [5.41, 5.74) is 1.50. The van der Waals surface area contributed by atoms with Gasteiger partial charge in [0.2, 0.25) is 0 Å². The van der Waals surface area contributed by atoms with E-state index in [-0.39, 0.29) is 0 Å². The largest absolute Gasteiger partial charge is 0.380 e. The lowest BCUT2D eigenvalue weighted by molar-refractivity contribution is 0.328. The summed E-state index contributed by atoms with van der Waals surface area (Å²) in [7, 11) is 0. The number of nitrogens with one attached hydrogen (secondary N) is 1. The van der Waals surface area contributed by atoms with Gasteiger partial charge in [-0.3, -0.25) is 0 Å². The first-order chi connectivity index (χ1) is 8.69. The van der Waals surface area contributed by atoms with E-state index in [4.69, 9.17) is 16.9 Å². The lowest BCUT2D eigenvalue weighted by atomic mass is 10.2. The summed E-state index contributed by atoms with van der Waals surface area (Å²) in [6.07, 6.45) is 2.62. The first-order valence-electron chi connectivity index (χ1n) is 6.37. The normalized spacial score (nSPS) is 17.4. The number of rotatable bonds is 4. The third-order valence-corrected chi connectivity index (χ3v) is 3.54. The van der Waals surface area contributed by atoms with Gasteiger partial charge in [0.05, 0.1) is 22.3 Å². The fourth-order valence-corrected chi connectivity index (χ4v) is 2.60. The summed E-state index contributed by atoms with van der Waals surface area (Å²) in [4.78, 5) is 2.47. The molecule has 0 amide bonds. The standard InChI is InChI=1S/C14H18ClN3/c1-11(10-18-6-2-3-7-18)17-14-5-4-12(9-16)8-13(14)15/h4-5,8,11,17H,2-3,6-7,10H2,1H3. The molecular weight excluding hydrogens is 246 g/mol. The van der Waals surface area contributed by atoms with Crippen LogP contribution in [0, 0.1) is 11.3 Å². The van der Waals surface area contributed by atoms with Crippen LogP contribution in [0.1, 0.15) is 25.3 Å². The Morgan fingerprint density at radius 2 is 2.17 bits per heavy atom. The number of hydrogen-bond acceptors (Lipinski definition) is 3. The highest BCUT2D eigenvalue weighted by Crippen LogP contribution is 2.23. The van der Waals surface area contributed by atoms with Gasteiger partial charge in [0.15, 0.2) is 0 Å². The molecule has 1 fully saturated rings. The van der Waals surface area contributed by atoms with Crippen molar-refractivity contribution in [3.63, 3.8) is 0 Å². The van der Waals surface area contributed by atoms with Crippen molar-refractivity contribution >= 4 is 17.3 Å². The van der Waals surface area contributed by atoms with Gasteiger partial charge in [-0.2, -0.15) is 5.26 Å². The van der Waals surface area contributed by atoms with Gasteiger partial charge >= 0.3 is 0 Å². The van der Waals surface area contributed by atoms with E-state index in [1.165, 1.54) is 25.9 Å². The van der Waals surface area contributed by atoms with Crippen LogP contribution < -0.4 is 5.32 Å². The molecule has 3 nitrogen and oxygen atoms in total. The Bertz CT molecular complexity index is 447. The molecular formula is C14H18ClN3. The average Bonchev–Trinajstić information content (AvgIpc) is 2.84. The Hall–Kier alpha value is -1.24. The summed E-state index contributed by atoms with van der Waals surface area (Å²) < 4.78 is 0. The maximum Gasteiger partial charge on any atom is 0.0992 e. The molecule has 0 spiro atoms. The number of anilines is 1. The molecule has 0 aromatic heterocycles. The minimum atomic E-state index is 0.355. The zero-order valence-electron chi connectivity index (χ0n) is 10.6. The van der Waals surface area contributed by atoms with Gasteiger partial charge in [-0.25, -0.2) is 0 Å². The van der Waals surface area contributed by atoms with Crippen molar-refractivity contribution < 1.29 is 0 Å². The zero-order chi connectivity index (χ0) is 13.0. The van der Waals surface area contributed by atoms with Crippen LogP contribution in [0.15, 0.2) is 18.2 Å². The van der Waals surface area contributed by atoms with Crippen molar-refractivity contribution in [1.29, 1.82) is 5.26 Å². The van der Waals surface area contributed by atoms with E-state index in [1.807, 2.05) is 6.07 Å². The Balaban J connectivity index is 1.94. The molecule has 2 rings (SSSR count). The molecule has 0 aliphatic carbocycles. The van der Waals surface area contributed by atoms with Crippen LogP contribution in [0.5, 0.6) is 0 Å². The molecule has 1 aromatic carbocycles. The Morgan fingerprint density at radius 1 is 1.44 bits per heavy atom. The van der Waals surface area contributed by atoms with Gasteiger partial charge in [-0.15, -0.1) is 0 Å². The molecule has 1 saturated heterocycles.